The maximum Gasteiger partial charge on any atom is 0.274 e. The number of aromatic nitrogens is 2. The van der Waals surface area contributed by atoms with Crippen LogP contribution in [0.1, 0.15) is 73.6 Å². The summed E-state index contributed by atoms with van der Waals surface area (Å²) < 4.78 is 0. The Labute approximate surface area is 167 Å². The van der Waals surface area contributed by atoms with Gasteiger partial charge in [0.1, 0.15) is 5.69 Å². The van der Waals surface area contributed by atoms with Gasteiger partial charge < -0.3 is 10.6 Å². The molecular formula is C23H30N4O. The summed E-state index contributed by atoms with van der Waals surface area (Å²) in [7, 11) is 0. The lowest BCUT2D eigenvalue weighted by atomic mass is 9.97. The molecule has 148 valence electrons. The quantitative estimate of drug-likeness (QED) is 0.628. The number of benzene rings is 1. The Morgan fingerprint density at radius 3 is 2.75 bits per heavy atom. The van der Waals surface area contributed by atoms with Gasteiger partial charge in [0.2, 0.25) is 5.95 Å². The third kappa shape index (κ3) is 5.41. The van der Waals surface area contributed by atoms with E-state index in [1.54, 1.807) is 6.07 Å². The van der Waals surface area contributed by atoms with Gasteiger partial charge in [0.25, 0.3) is 5.91 Å². The largest absolute Gasteiger partial charge is 0.354 e. The molecule has 5 nitrogen and oxygen atoms in total. The van der Waals surface area contributed by atoms with Crippen LogP contribution in [-0.4, -0.2) is 22.4 Å². The molecule has 0 spiro atoms. The Morgan fingerprint density at radius 1 is 1.18 bits per heavy atom. The van der Waals surface area contributed by atoms with Crippen LogP contribution in [-0.2, 0) is 0 Å². The zero-order valence-electron chi connectivity index (χ0n) is 17.1. The molecule has 1 aliphatic rings. The molecule has 1 aromatic carbocycles. The number of allylic oxidation sites excluding steroid dienone is 1. The SMILES string of the molecule is Cc1cc(C(=O)Nc2ccccc2C(C)C)nc(NCCC2=CCCCC2)n1. The third-order valence-corrected chi connectivity index (χ3v) is 5.03. The number of amides is 1. The van der Waals surface area contributed by atoms with Gasteiger partial charge in [-0.2, -0.15) is 0 Å². The standard InChI is InChI=1S/C23H30N4O/c1-16(2)19-11-7-8-12-20(19)26-22(28)21-15-17(3)25-23(27-21)24-14-13-18-9-5-4-6-10-18/h7-9,11-12,15-16H,4-6,10,13-14H2,1-3H3,(H,26,28)(H,24,25,27). The Morgan fingerprint density at radius 2 is 2.00 bits per heavy atom. The van der Waals surface area contributed by atoms with Gasteiger partial charge in [-0.25, -0.2) is 9.97 Å². The average Bonchev–Trinajstić information content (AvgIpc) is 2.68. The predicted molar refractivity (Wildman–Crippen MR) is 115 cm³/mol. The van der Waals surface area contributed by atoms with Crippen LogP contribution in [0.5, 0.6) is 0 Å². The van der Waals surface area contributed by atoms with Gasteiger partial charge in [0.15, 0.2) is 0 Å². The molecule has 0 bridgehead atoms. The van der Waals surface area contributed by atoms with Gasteiger partial charge in [-0.05, 0) is 62.6 Å². The van der Waals surface area contributed by atoms with E-state index in [1.165, 1.54) is 31.3 Å². The summed E-state index contributed by atoms with van der Waals surface area (Å²) in [5, 5.41) is 6.28. The highest BCUT2D eigenvalue weighted by Gasteiger charge is 2.14. The molecule has 1 aliphatic carbocycles. The van der Waals surface area contributed by atoms with Gasteiger partial charge in [-0.1, -0.05) is 43.7 Å². The molecule has 1 amide bonds. The monoisotopic (exact) mass is 378 g/mol. The number of anilines is 2. The lowest BCUT2D eigenvalue weighted by Crippen LogP contribution is -2.17. The molecule has 0 unspecified atom stereocenters. The van der Waals surface area contributed by atoms with Crippen molar-refractivity contribution in [2.45, 2.75) is 58.8 Å². The van der Waals surface area contributed by atoms with E-state index in [4.69, 9.17) is 0 Å². The fraction of sp³-hybridized carbons (Fsp3) is 0.435. The maximum absolute atomic E-state index is 12.8. The van der Waals surface area contributed by atoms with Crippen LogP contribution in [0.4, 0.5) is 11.6 Å². The summed E-state index contributed by atoms with van der Waals surface area (Å²) in [6.45, 7) is 6.90. The summed E-state index contributed by atoms with van der Waals surface area (Å²) in [4.78, 5) is 21.6. The number of nitrogens with zero attached hydrogens (tertiary/aromatic N) is 2. The molecule has 0 saturated carbocycles. The zero-order chi connectivity index (χ0) is 19.9. The number of hydrogen-bond acceptors (Lipinski definition) is 4. The molecule has 0 atom stereocenters. The lowest BCUT2D eigenvalue weighted by Gasteiger charge is -2.14. The minimum atomic E-state index is -0.211. The van der Waals surface area contributed by atoms with Gasteiger partial charge in [-0.15, -0.1) is 0 Å². The molecule has 0 saturated heterocycles. The fourth-order valence-electron chi connectivity index (χ4n) is 3.53. The number of aryl methyl sites for hydroxylation is 1. The van der Waals surface area contributed by atoms with Gasteiger partial charge >= 0.3 is 0 Å². The maximum atomic E-state index is 12.8. The molecule has 2 N–H and O–H groups in total. The predicted octanol–water partition coefficient (Wildman–Crippen LogP) is 5.46. The van der Waals surface area contributed by atoms with E-state index < -0.39 is 0 Å². The van der Waals surface area contributed by atoms with Gasteiger partial charge in [0.05, 0.1) is 0 Å². The van der Waals surface area contributed by atoms with E-state index in [0.29, 0.717) is 17.6 Å². The Kier molecular flexibility index (Phi) is 6.80. The van der Waals surface area contributed by atoms with Crippen molar-refractivity contribution >= 4 is 17.5 Å². The second-order valence-corrected chi connectivity index (χ2v) is 7.70. The highest BCUT2D eigenvalue weighted by Crippen LogP contribution is 2.24. The second-order valence-electron chi connectivity index (χ2n) is 7.70. The van der Waals surface area contributed by atoms with E-state index in [1.807, 2.05) is 31.2 Å². The van der Waals surface area contributed by atoms with E-state index in [-0.39, 0.29) is 5.91 Å². The average molecular weight is 379 g/mol. The number of rotatable bonds is 7. The highest BCUT2D eigenvalue weighted by molar-refractivity contribution is 6.03. The molecular weight excluding hydrogens is 348 g/mol. The van der Waals surface area contributed by atoms with E-state index in [9.17, 15) is 4.79 Å². The first-order chi connectivity index (χ1) is 13.5. The van der Waals surface area contributed by atoms with E-state index in [2.05, 4.69) is 40.5 Å². The van der Waals surface area contributed by atoms with Crippen molar-refractivity contribution in [3.05, 3.63) is 58.9 Å². The van der Waals surface area contributed by atoms with Crippen molar-refractivity contribution in [2.75, 3.05) is 17.2 Å². The van der Waals surface area contributed by atoms with Crippen LogP contribution in [0, 0.1) is 6.92 Å². The minimum absolute atomic E-state index is 0.211. The summed E-state index contributed by atoms with van der Waals surface area (Å²) in [6, 6.07) is 9.61. The fourth-order valence-corrected chi connectivity index (χ4v) is 3.53. The van der Waals surface area contributed by atoms with Crippen LogP contribution in [0.15, 0.2) is 42.0 Å². The van der Waals surface area contributed by atoms with Crippen LogP contribution in [0.25, 0.3) is 0 Å². The number of carbonyl (C=O) groups is 1. The summed E-state index contributed by atoms with van der Waals surface area (Å²) >= 11 is 0. The highest BCUT2D eigenvalue weighted by atomic mass is 16.1. The third-order valence-electron chi connectivity index (χ3n) is 5.03. The molecule has 0 radical (unpaired) electrons. The Bertz CT molecular complexity index is 857. The number of carbonyl (C=O) groups excluding carboxylic acids is 1. The number of nitrogens with one attached hydrogen (secondary N) is 2. The molecule has 1 heterocycles. The molecule has 2 aromatic rings. The summed E-state index contributed by atoms with van der Waals surface area (Å²) in [6.07, 6.45) is 8.33. The Hall–Kier alpha value is -2.69. The number of para-hydroxylation sites is 1. The van der Waals surface area contributed by atoms with Crippen molar-refractivity contribution in [1.29, 1.82) is 0 Å². The van der Waals surface area contributed by atoms with Crippen LogP contribution in [0.2, 0.25) is 0 Å². The first-order valence-electron chi connectivity index (χ1n) is 10.2. The van der Waals surface area contributed by atoms with Crippen LogP contribution >= 0.6 is 0 Å². The Balaban J connectivity index is 1.67. The smallest absolute Gasteiger partial charge is 0.274 e. The van der Waals surface area contributed by atoms with Crippen molar-refractivity contribution in [1.82, 2.24) is 9.97 Å². The van der Waals surface area contributed by atoms with Gasteiger partial charge in [-0.3, -0.25) is 4.79 Å². The summed E-state index contributed by atoms with van der Waals surface area (Å²) in [5.74, 6) is 0.630. The molecule has 1 aromatic heterocycles. The minimum Gasteiger partial charge on any atom is -0.354 e. The molecule has 3 rings (SSSR count). The van der Waals surface area contributed by atoms with Crippen molar-refractivity contribution in [3.63, 3.8) is 0 Å². The molecule has 5 heteroatoms. The lowest BCUT2D eigenvalue weighted by molar-refractivity contribution is 0.102. The van der Waals surface area contributed by atoms with Crippen LogP contribution in [0.3, 0.4) is 0 Å². The molecule has 28 heavy (non-hydrogen) atoms. The van der Waals surface area contributed by atoms with Crippen molar-refractivity contribution in [3.8, 4) is 0 Å². The first-order valence-corrected chi connectivity index (χ1v) is 10.2. The topological polar surface area (TPSA) is 66.9 Å². The van der Waals surface area contributed by atoms with E-state index >= 15 is 0 Å². The summed E-state index contributed by atoms with van der Waals surface area (Å²) in [5.41, 5.74) is 4.61. The van der Waals surface area contributed by atoms with Crippen molar-refractivity contribution in [2.24, 2.45) is 0 Å². The molecule has 0 aliphatic heterocycles. The first kappa shape index (κ1) is 20.1. The second kappa shape index (κ2) is 9.49. The van der Waals surface area contributed by atoms with Crippen molar-refractivity contribution < 1.29 is 4.79 Å². The molecule has 0 fully saturated rings. The number of hydrogen-bond donors (Lipinski definition) is 2. The van der Waals surface area contributed by atoms with Crippen LogP contribution < -0.4 is 10.6 Å². The zero-order valence-corrected chi connectivity index (χ0v) is 17.1. The normalized spacial score (nSPS) is 13.9. The van der Waals surface area contributed by atoms with Gasteiger partial charge in [0, 0.05) is 17.9 Å². The van der Waals surface area contributed by atoms with E-state index in [0.717, 1.165) is 29.9 Å².